The van der Waals surface area contributed by atoms with Gasteiger partial charge in [-0.15, -0.1) is 11.3 Å². The van der Waals surface area contributed by atoms with Crippen LogP contribution in [-0.4, -0.2) is 58.1 Å². The summed E-state index contributed by atoms with van der Waals surface area (Å²) in [5, 5.41) is 1.99. The smallest absolute Gasteiger partial charge is 0.231 e. The number of nitrogens with zero attached hydrogens (tertiary/aromatic N) is 4. The number of amides is 1. The maximum Gasteiger partial charge on any atom is 0.231 e. The Morgan fingerprint density at radius 3 is 2.85 bits per heavy atom. The molecule has 27 heavy (non-hydrogen) atoms. The van der Waals surface area contributed by atoms with Crippen LogP contribution in [0.4, 0.5) is 0 Å². The molecule has 0 unspecified atom stereocenters. The number of benzene rings is 1. The van der Waals surface area contributed by atoms with E-state index in [4.69, 9.17) is 9.47 Å². The van der Waals surface area contributed by atoms with E-state index in [2.05, 4.69) is 16.0 Å². The highest BCUT2D eigenvalue weighted by atomic mass is 32.1. The SMILES string of the molecule is O=C(Cc1cn2ccsc2n1)N1CCN(Cc2ccc3c(c2)OCO3)CC1. The van der Waals surface area contributed by atoms with E-state index in [0.717, 1.165) is 54.9 Å². The Balaban J connectivity index is 1.15. The Labute approximate surface area is 160 Å². The average molecular weight is 384 g/mol. The summed E-state index contributed by atoms with van der Waals surface area (Å²) < 4.78 is 12.8. The van der Waals surface area contributed by atoms with Crippen molar-refractivity contribution in [3.63, 3.8) is 0 Å². The van der Waals surface area contributed by atoms with Crippen LogP contribution in [-0.2, 0) is 17.8 Å². The Morgan fingerprint density at radius 2 is 2.00 bits per heavy atom. The predicted octanol–water partition coefficient (Wildman–Crippen LogP) is 2.01. The third-order valence-corrected chi connectivity index (χ3v) is 5.81. The third kappa shape index (κ3) is 3.38. The number of imidazole rings is 1. The summed E-state index contributed by atoms with van der Waals surface area (Å²) in [5.74, 6) is 1.79. The molecule has 3 aromatic rings. The van der Waals surface area contributed by atoms with Crippen molar-refractivity contribution in [1.29, 1.82) is 0 Å². The lowest BCUT2D eigenvalue weighted by molar-refractivity contribution is -0.132. The molecule has 0 N–H and O–H groups in total. The molecule has 0 aliphatic carbocycles. The number of hydrogen-bond donors (Lipinski definition) is 0. The molecule has 140 valence electrons. The van der Waals surface area contributed by atoms with Gasteiger partial charge in [0.2, 0.25) is 12.7 Å². The molecule has 8 heteroatoms. The van der Waals surface area contributed by atoms with E-state index < -0.39 is 0 Å². The lowest BCUT2D eigenvalue weighted by Crippen LogP contribution is -2.48. The highest BCUT2D eigenvalue weighted by molar-refractivity contribution is 7.15. The Hall–Kier alpha value is -2.58. The lowest BCUT2D eigenvalue weighted by atomic mass is 10.1. The monoisotopic (exact) mass is 384 g/mol. The van der Waals surface area contributed by atoms with Crippen molar-refractivity contribution < 1.29 is 14.3 Å². The normalized spacial score (nSPS) is 17.0. The first-order valence-corrected chi connectivity index (χ1v) is 9.92. The second-order valence-electron chi connectivity index (χ2n) is 6.85. The van der Waals surface area contributed by atoms with Crippen molar-refractivity contribution in [2.75, 3.05) is 33.0 Å². The van der Waals surface area contributed by atoms with E-state index >= 15 is 0 Å². The van der Waals surface area contributed by atoms with Gasteiger partial charge in [-0.25, -0.2) is 4.98 Å². The lowest BCUT2D eigenvalue weighted by Gasteiger charge is -2.34. The largest absolute Gasteiger partial charge is 0.454 e. The van der Waals surface area contributed by atoms with E-state index in [0.29, 0.717) is 13.2 Å². The summed E-state index contributed by atoms with van der Waals surface area (Å²) in [6.07, 6.45) is 4.28. The van der Waals surface area contributed by atoms with Crippen LogP contribution in [0.2, 0.25) is 0 Å². The standard InChI is InChI=1S/C19H20N4O3S/c24-18(10-15-12-23-7-8-27-19(23)20-15)22-5-3-21(4-6-22)11-14-1-2-16-17(9-14)26-13-25-16/h1-2,7-9,12H,3-6,10-11,13H2. The number of carbonyl (C=O) groups excluding carboxylic acids is 1. The number of hydrogen-bond acceptors (Lipinski definition) is 6. The number of piperazine rings is 1. The molecule has 4 heterocycles. The second kappa shape index (κ2) is 6.86. The predicted molar refractivity (Wildman–Crippen MR) is 101 cm³/mol. The van der Waals surface area contributed by atoms with Gasteiger partial charge in [0.15, 0.2) is 16.5 Å². The summed E-state index contributed by atoms with van der Waals surface area (Å²) in [4.78, 5) is 22.4. The fraction of sp³-hybridized carbons (Fsp3) is 0.368. The number of aromatic nitrogens is 2. The van der Waals surface area contributed by atoms with E-state index in [1.807, 2.05) is 39.2 Å². The molecule has 1 saturated heterocycles. The minimum absolute atomic E-state index is 0.156. The molecule has 2 aliphatic rings. The van der Waals surface area contributed by atoms with Gasteiger partial charge < -0.3 is 14.4 Å². The minimum Gasteiger partial charge on any atom is -0.454 e. The van der Waals surface area contributed by atoms with Crippen LogP contribution in [0.15, 0.2) is 36.0 Å². The highest BCUT2D eigenvalue weighted by Crippen LogP contribution is 2.32. The second-order valence-corrected chi connectivity index (χ2v) is 7.72. The summed E-state index contributed by atoms with van der Waals surface area (Å²) >= 11 is 1.58. The van der Waals surface area contributed by atoms with Crippen molar-refractivity contribution in [1.82, 2.24) is 19.2 Å². The van der Waals surface area contributed by atoms with Crippen LogP contribution < -0.4 is 9.47 Å². The molecule has 1 amide bonds. The number of carbonyl (C=O) groups is 1. The zero-order valence-electron chi connectivity index (χ0n) is 14.8. The van der Waals surface area contributed by atoms with Gasteiger partial charge in [-0.3, -0.25) is 14.1 Å². The quantitative estimate of drug-likeness (QED) is 0.689. The fourth-order valence-electron chi connectivity index (χ4n) is 3.58. The summed E-state index contributed by atoms with van der Waals surface area (Å²) in [6.45, 7) is 4.42. The molecule has 0 radical (unpaired) electrons. The first-order chi connectivity index (χ1) is 13.2. The topological polar surface area (TPSA) is 59.3 Å². The van der Waals surface area contributed by atoms with Gasteiger partial charge in [0.1, 0.15) is 0 Å². The maximum atomic E-state index is 12.6. The summed E-state index contributed by atoms with van der Waals surface area (Å²) in [5.41, 5.74) is 2.05. The molecule has 1 fully saturated rings. The maximum absolute atomic E-state index is 12.6. The number of fused-ring (bicyclic) bond motifs is 2. The summed E-state index contributed by atoms with van der Waals surface area (Å²) in [6, 6.07) is 6.09. The Kier molecular flexibility index (Phi) is 4.21. The van der Waals surface area contributed by atoms with Crippen molar-refractivity contribution in [3.8, 4) is 11.5 Å². The van der Waals surface area contributed by atoms with Crippen LogP contribution in [0.25, 0.3) is 4.96 Å². The van der Waals surface area contributed by atoms with Crippen molar-refractivity contribution in [3.05, 3.63) is 47.2 Å². The van der Waals surface area contributed by atoms with Gasteiger partial charge >= 0.3 is 0 Å². The van der Waals surface area contributed by atoms with Gasteiger partial charge in [0, 0.05) is 50.5 Å². The Bertz CT molecular complexity index is 946. The molecule has 0 spiro atoms. The van der Waals surface area contributed by atoms with Crippen molar-refractivity contribution >= 4 is 22.2 Å². The van der Waals surface area contributed by atoms with E-state index in [1.54, 1.807) is 11.3 Å². The Morgan fingerprint density at radius 1 is 1.15 bits per heavy atom. The van der Waals surface area contributed by atoms with Crippen molar-refractivity contribution in [2.45, 2.75) is 13.0 Å². The molecule has 5 rings (SSSR count). The van der Waals surface area contributed by atoms with Gasteiger partial charge in [-0.2, -0.15) is 0 Å². The summed E-state index contributed by atoms with van der Waals surface area (Å²) in [7, 11) is 0. The molecule has 0 bridgehead atoms. The van der Waals surface area contributed by atoms with Crippen LogP contribution in [0.5, 0.6) is 11.5 Å². The van der Waals surface area contributed by atoms with E-state index in [1.165, 1.54) is 5.56 Å². The first-order valence-electron chi connectivity index (χ1n) is 9.04. The molecule has 7 nitrogen and oxygen atoms in total. The molecular formula is C19H20N4O3S. The van der Waals surface area contributed by atoms with Crippen LogP contribution in [0.1, 0.15) is 11.3 Å². The van der Waals surface area contributed by atoms with E-state index in [-0.39, 0.29) is 5.91 Å². The first kappa shape index (κ1) is 16.6. The average Bonchev–Trinajstić information content (AvgIpc) is 3.38. The molecule has 0 atom stereocenters. The number of thiazole rings is 1. The third-order valence-electron chi connectivity index (χ3n) is 5.04. The van der Waals surface area contributed by atoms with Crippen LogP contribution in [0.3, 0.4) is 0 Å². The zero-order chi connectivity index (χ0) is 18.2. The molecular weight excluding hydrogens is 364 g/mol. The fourth-order valence-corrected chi connectivity index (χ4v) is 4.30. The molecule has 0 saturated carbocycles. The minimum atomic E-state index is 0.156. The van der Waals surface area contributed by atoms with Crippen molar-refractivity contribution in [2.24, 2.45) is 0 Å². The van der Waals surface area contributed by atoms with Gasteiger partial charge in [0.05, 0.1) is 12.1 Å². The van der Waals surface area contributed by atoms with Crippen LogP contribution >= 0.6 is 11.3 Å². The number of rotatable bonds is 4. The molecule has 2 aromatic heterocycles. The number of ether oxygens (including phenoxy) is 2. The van der Waals surface area contributed by atoms with E-state index in [9.17, 15) is 4.79 Å². The highest BCUT2D eigenvalue weighted by Gasteiger charge is 2.22. The van der Waals surface area contributed by atoms with Gasteiger partial charge in [-0.1, -0.05) is 6.07 Å². The van der Waals surface area contributed by atoms with Gasteiger partial charge in [0.25, 0.3) is 0 Å². The molecule has 2 aliphatic heterocycles. The van der Waals surface area contributed by atoms with Crippen LogP contribution in [0, 0.1) is 0 Å². The zero-order valence-corrected chi connectivity index (χ0v) is 15.7. The molecule has 1 aromatic carbocycles. The van der Waals surface area contributed by atoms with Gasteiger partial charge in [-0.05, 0) is 17.7 Å².